The van der Waals surface area contributed by atoms with Crippen LogP contribution in [0.25, 0.3) is 98.8 Å². The Bertz CT molecular complexity index is 3540. The molecule has 0 spiro atoms. The third kappa shape index (κ3) is 5.36. The molecule has 0 aliphatic rings. The lowest BCUT2D eigenvalue weighted by atomic mass is 9.96. The first-order valence-corrected chi connectivity index (χ1v) is 20.1. The van der Waals surface area contributed by atoms with Crippen molar-refractivity contribution in [1.29, 1.82) is 0 Å². The Morgan fingerprint density at radius 2 is 0.864 bits per heavy atom. The van der Waals surface area contributed by atoms with Gasteiger partial charge in [0.05, 0.1) is 11.1 Å². The topological polar surface area (TPSA) is 29.5 Å². The standard InChI is InChI=1S/C56H35NO2/c1-3-13-36(14-4-1)45-21-11-22-48-53-44(20-12-24-52(53)59-55(45)48)39-27-30-41(31-28-39)57(42-32-29-40-26-25-38-17-7-8-18-43(38)49(40)35-42)50-34-33-46(37-15-5-2-6-16-37)56-54(50)47-19-9-10-23-51(47)58-56/h1-35H. The molecule has 0 N–H and O–H groups in total. The number of nitrogens with zero attached hydrogens (tertiary/aromatic N) is 1. The van der Waals surface area contributed by atoms with Gasteiger partial charge in [-0.2, -0.15) is 0 Å². The average Bonchev–Trinajstić information content (AvgIpc) is 3.90. The fraction of sp³-hybridized carbons (Fsp3) is 0. The van der Waals surface area contributed by atoms with Gasteiger partial charge >= 0.3 is 0 Å². The zero-order valence-electron chi connectivity index (χ0n) is 32.0. The second-order valence-corrected chi connectivity index (χ2v) is 15.2. The van der Waals surface area contributed by atoms with Gasteiger partial charge in [0, 0.05) is 38.7 Å². The van der Waals surface area contributed by atoms with Gasteiger partial charge in [0.15, 0.2) is 0 Å². The van der Waals surface area contributed by atoms with E-state index in [1.165, 1.54) is 21.5 Å². The van der Waals surface area contributed by atoms with Crippen LogP contribution >= 0.6 is 0 Å². The van der Waals surface area contributed by atoms with E-state index in [4.69, 9.17) is 8.83 Å². The van der Waals surface area contributed by atoms with Gasteiger partial charge in [-0.05, 0) is 92.3 Å². The van der Waals surface area contributed by atoms with Gasteiger partial charge in [-0.3, -0.25) is 0 Å². The molecule has 3 heteroatoms. The van der Waals surface area contributed by atoms with E-state index < -0.39 is 0 Å². The predicted octanol–water partition coefficient (Wildman–Crippen LogP) is 16.3. The average molecular weight is 754 g/mol. The number of hydrogen-bond donors (Lipinski definition) is 0. The Balaban J connectivity index is 1.07. The van der Waals surface area contributed by atoms with Crippen molar-refractivity contribution in [3.05, 3.63) is 212 Å². The van der Waals surface area contributed by atoms with Crippen LogP contribution in [-0.4, -0.2) is 0 Å². The number of anilines is 3. The number of para-hydroxylation sites is 2. The zero-order valence-corrected chi connectivity index (χ0v) is 32.0. The SMILES string of the molecule is c1ccc(-c2cccc3c2oc2cccc(-c4ccc(N(c5ccc6ccc7ccccc7c6c5)c5ccc(-c6ccccc6)c6oc7ccccc7c56)cc4)c23)cc1. The summed E-state index contributed by atoms with van der Waals surface area (Å²) in [4.78, 5) is 2.39. The second-order valence-electron chi connectivity index (χ2n) is 15.2. The minimum Gasteiger partial charge on any atom is -0.455 e. The molecular weight excluding hydrogens is 719 g/mol. The molecule has 0 atom stereocenters. The number of rotatable bonds is 6. The molecule has 0 aliphatic heterocycles. The molecule has 10 aromatic carbocycles. The molecule has 0 amide bonds. The Morgan fingerprint density at radius 3 is 1.66 bits per heavy atom. The number of benzene rings is 10. The summed E-state index contributed by atoms with van der Waals surface area (Å²) in [6.45, 7) is 0. The summed E-state index contributed by atoms with van der Waals surface area (Å²) >= 11 is 0. The monoisotopic (exact) mass is 753 g/mol. The third-order valence-corrected chi connectivity index (χ3v) is 11.9. The van der Waals surface area contributed by atoms with Crippen molar-refractivity contribution in [3.63, 3.8) is 0 Å². The summed E-state index contributed by atoms with van der Waals surface area (Å²) in [6, 6.07) is 75.6. The van der Waals surface area contributed by atoms with Crippen molar-refractivity contribution in [2.45, 2.75) is 0 Å². The van der Waals surface area contributed by atoms with E-state index in [2.05, 4.69) is 205 Å². The highest BCUT2D eigenvalue weighted by Crippen LogP contribution is 2.48. The van der Waals surface area contributed by atoms with Crippen molar-refractivity contribution < 1.29 is 8.83 Å². The number of hydrogen-bond acceptors (Lipinski definition) is 3. The van der Waals surface area contributed by atoms with Gasteiger partial charge in [-0.1, -0.05) is 164 Å². The molecule has 0 unspecified atom stereocenters. The van der Waals surface area contributed by atoms with Crippen LogP contribution in [0.3, 0.4) is 0 Å². The van der Waals surface area contributed by atoms with E-state index in [0.717, 1.165) is 94.3 Å². The Labute approximate surface area is 340 Å². The molecule has 12 rings (SSSR count). The van der Waals surface area contributed by atoms with E-state index >= 15 is 0 Å². The maximum atomic E-state index is 6.77. The van der Waals surface area contributed by atoms with Crippen LogP contribution in [0.2, 0.25) is 0 Å². The molecule has 0 saturated heterocycles. The number of fused-ring (bicyclic) bond motifs is 9. The van der Waals surface area contributed by atoms with E-state index in [9.17, 15) is 0 Å². The molecular formula is C56H35NO2. The highest BCUT2D eigenvalue weighted by atomic mass is 16.3. The minimum absolute atomic E-state index is 0.864. The molecule has 0 radical (unpaired) electrons. The summed E-state index contributed by atoms with van der Waals surface area (Å²) in [7, 11) is 0. The third-order valence-electron chi connectivity index (χ3n) is 11.9. The fourth-order valence-electron chi connectivity index (χ4n) is 9.12. The fourth-order valence-corrected chi connectivity index (χ4v) is 9.12. The smallest absolute Gasteiger partial charge is 0.145 e. The maximum absolute atomic E-state index is 6.77. The lowest BCUT2D eigenvalue weighted by Crippen LogP contribution is -2.10. The maximum Gasteiger partial charge on any atom is 0.145 e. The first-order chi connectivity index (χ1) is 29.3. The van der Waals surface area contributed by atoms with E-state index in [1.807, 2.05) is 12.1 Å². The molecule has 2 aromatic heterocycles. The van der Waals surface area contributed by atoms with Crippen molar-refractivity contribution in [2.75, 3.05) is 4.90 Å². The minimum atomic E-state index is 0.864. The van der Waals surface area contributed by atoms with Crippen molar-refractivity contribution >= 4 is 82.5 Å². The van der Waals surface area contributed by atoms with Crippen LogP contribution in [0, 0.1) is 0 Å². The summed E-state index contributed by atoms with van der Waals surface area (Å²) < 4.78 is 13.4. The van der Waals surface area contributed by atoms with Crippen LogP contribution in [-0.2, 0) is 0 Å². The molecule has 276 valence electrons. The Morgan fingerprint density at radius 1 is 0.305 bits per heavy atom. The molecule has 59 heavy (non-hydrogen) atoms. The normalized spacial score (nSPS) is 11.7. The number of furan rings is 2. The highest BCUT2D eigenvalue weighted by Gasteiger charge is 2.23. The quantitative estimate of drug-likeness (QED) is 0.158. The summed E-state index contributed by atoms with van der Waals surface area (Å²) in [6.07, 6.45) is 0. The first kappa shape index (κ1) is 33.3. The summed E-state index contributed by atoms with van der Waals surface area (Å²) in [5.41, 5.74) is 13.4. The van der Waals surface area contributed by atoms with E-state index in [-0.39, 0.29) is 0 Å². The van der Waals surface area contributed by atoms with Crippen LogP contribution in [0.4, 0.5) is 17.1 Å². The Kier molecular flexibility index (Phi) is 7.54. The first-order valence-electron chi connectivity index (χ1n) is 20.1. The van der Waals surface area contributed by atoms with Crippen molar-refractivity contribution in [3.8, 4) is 33.4 Å². The van der Waals surface area contributed by atoms with Gasteiger partial charge in [0.1, 0.15) is 22.3 Å². The van der Waals surface area contributed by atoms with Crippen molar-refractivity contribution in [1.82, 2.24) is 0 Å². The van der Waals surface area contributed by atoms with Gasteiger partial charge in [0.25, 0.3) is 0 Å². The molecule has 3 nitrogen and oxygen atoms in total. The van der Waals surface area contributed by atoms with Crippen LogP contribution in [0.1, 0.15) is 0 Å². The molecule has 0 saturated carbocycles. The lowest BCUT2D eigenvalue weighted by molar-refractivity contribution is 0.669. The van der Waals surface area contributed by atoms with E-state index in [0.29, 0.717) is 0 Å². The van der Waals surface area contributed by atoms with Gasteiger partial charge in [-0.25, -0.2) is 0 Å². The largest absolute Gasteiger partial charge is 0.455 e. The zero-order chi connectivity index (χ0) is 38.9. The van der Waals surface area contributed by atoms with Crippen LogP contribution in [0.5, 0.6) is 0 Å². The van der Waals surface area contributed by atoms with Crippen LogP contribution < -0.4 is 4.90 Å². The molecule has 0 bridgehead atoms. The lowest BCUT2D eigenvalue weighted by Gasteiger charge is -2.27. The summed E-state index contributed by atoms with van der Waals surface area (Å²) in [5, 5.41) is 9.26. The van der Waals surface area contributed by atoms with Crippen LogP contribution in [0.15, 0.2) is 221 Å². The van der Waals surface area contributed by atoms with Gasteiger partial charge < -0.3 is 13.7 Å². The molecule has 2 heterocycles. The van der Waals surface area contributed by atoms with Gasteiger partial charge in [-0.15, -0.1) is 0 Å². The molecule has 12 aromatic rings. The predicted molar refractivity (Wildman–Crippen MR) is 247 cm³/mol. The second kappa shape index (κ2) is 13.4. The van der Waals surface area contributed by atoms with Gasteiger partial charge in [0.2, 0.25) is 0 Å². The molecule has 0 aliphatic carbocycles. The summed E-state index contributed by atoms with van der Waals surface area (Å²) in [5.74, 6) is 0. The highest BCUT2D eigenvalue weighted by molar-refractivity contribution is 6.18. The Hall–Kier alpha value is -7.88. The molecule has 0 fully saturated rings. The van der Waals surface area contributed by atoms with Crippen molar-refractivity contribution in [2.24, 2.45) is 0 Å². The van der Waals surface area contributed by atoms with E-state index in [1.54, 1.807) is 0 Å².